The van der Waals surface area contributed by atoms with Crippen molar-refractivity contribution in [3.05, 3.63) is 22.3 Å². The minimum atomic E-state index is -0.907. The molecule has 28 aromatic rings. The van der Waals surface area contributed by atoms with Crippen LogP contribution in [0.3, 0.4) is 0 Å². The van der Waals surface area contributed by atoms with Gasteiger partial charge in [0, 0.05) is 11.1 Å². The van der Waals surface area contributed by atoms with Gasteiger partial charge in [0.1, 0.15) is 0 Å². The highest BCUT2D eigenvalue weighted by Crippen LogP contribution is 2.86. The first-order valence-corrected chi connectivity index (χ1v) is 24.8. The fourth-order valence-corrected chi connectivity index (χ4v) is 24.9. The molecule has 1 atom stereocenters. The summed E-state index contributed by atoms with van der Waals surface area (Å²) in [7, 11) is 0. The van der Waals surface area contributed by atoms with Gasteiger partial charge in [-0.1, -0.05) is 6.92 Å². The average molecular weight is 807 g/mol. The Balaban J connectivity index is 1.27. The molecule has 0 radical (unpaired) electrons. The fraction of sp³-hybridized carbons (Fsp3) is 0.0781. The first-order chi connectivity index (χ1) is 32.8. The van der Waals surface area contributed by atoms with E-state index in [0.717, 1.165) is 6.42 Å². The van der Waals surface area contributed by atoms with Crippen LogP contribution in [0.4, 0.5) is 0 Å². The van der Waals surface area contributed by atoms with Gasteiger partial charge in [-0.25, -0.2) is 0 Å². The zero-order valence-corrected chi connectivity index (χ0v) is 33.6. The van der Waals surface area contributed by atoms with E-state index >= 15 is 4.79 Å². The van der Waals surface area contributed by atoms with Gasteiger partial charge in [-0.05, 0) is 308 Å². The third-order valence-electron chi connectivity index (χ3n) is 24.8. The highest BCUT2D eigenvalue weighted by atomic mass is 16.6. The van der Waals surface area contributed by atoms with E-state index in [9.17, 15) is 0 Å². The quantitative estimate of drug-likeness (QED) is 0.122. The molecule has 1 heterocycles. The molecule has 5 aliphatic rings. The molecule has 2 nitrogen and oxygen atoms in total. The van der Waals surface area contributed by atoms with E-state index in [4.69, 9.17) is 4.74 Å². The zero-order valence-electron chi connectivity index (χ0n) is 33.6. The van der Waals surface area contributed by atoms with Gasteiger partial charge in [0.25, 0.3) is 0 Å². The highest BCUT2D eigenvalue weighted by molar-refractivity contribution is 6.82. The number of esters is 1. The van der Waals surface area contributed by atoms with Gasteiger partial charge in [-0.15, -0.1) is 0 Å². The third kappa shape index (κ3) is 1.16. The molecule has 1 aliphatic heterocycles. The summed E-state index contributed by atoms with van der Waals surface area (Å²) in [5.74, 6) is -0.222. The second-order valence-electron chi connectivity index (χ2n) is 24.6. The standard InChI is InChI=1S/C64H6O2/c1-2-3-62(65)66-64-60-54-48-38-26-18-10-6-4-5-8-12(10)20(26)30-24-16(8)17-9(5)13-11-7(4)15-14(6)22-28(18)36-42-32(22)33-23(15)29-19(11)27-21(13)31-25(17)35-34(24)46(40(30)48)56(60)57-47(35)41(31)49-39(27)45-37(29)43(33)51-50(42)58(52(54)44(36)38)63(3,64)59(51)53(45)55(49)61(57)64/h3H,2H2,1H3. The maximum absolute atomic E-state index is 15.9. The molecule has 1 saturated heterocycles. The number of hydrogen-bond donors (Lipinski definition) is 0. The highest BCUT2D eigenvalue weighted by Gasteiger charge is 2.78. The molecule has 0 amide bonds. The van der Waals surface area contributed by atoms with E-state index in [0.29, 0.717) is 0 Å². The van der Waals surface area contributed by atoms with Crippen LogP contribution in [0.1, 0.15) is 35.6 Å². The topological polar surface area (TPSA) is 26.3 Å². The van der Waals surface area contributed by atoms with Crippen molar-refractivity contribution >= 4 is 297 Å². The largest absolute Gasteiger partial charge is 0.447 e. The zero-order chi connectivity index (χ0) is 39.1. The van der Waals surface area contributed by atoms with E-state index in [1.165, 1.54) is 86.9 Å². The lowest BCUT2D eigenvalue weighted by Gasteiger charge is -2.49. The molecule has 0 saturated carbocycles. The minimum Gasteiger partial charge on any atom is -0.447 e. The van der Waals surface area contributed by atoms with E-state index in [2.05, 4.69) is 6.92 Å². The molecule has 28 aromatic carbocycles. The number of ether oxygens (including phenoxy) is 1. The van der Waals surface area contributed by atoms with E-state index in [-0.39, 0.29) is 11.9 Å². The summed E-state index contributed by atoms with van der Waals surface area (Å²) in [5.41, 5.74) is 4.34. The molecule has 33 rings (SSSR count). The molecule has 274 valence electrons. The fourth-order valence-electron chi connectivity index (χ4n) is 24.9. The number of carbonyl (C=O) groups excluding carboxylic acids is 1. The van der Waals surface area contributed by atoms with Gasteiger partial charge in [-0.3, -0.25) is 4.79 Å². The summed E-state index contributed by atoms with van der Waals surface area (Å²) >= 11 is 0. The minimum absolute atomic E-state index is 0.0486. The molecule has 1 fully saturated rings. The maximum atomic E-state index is 15.9. The molecular weight excluding hydrogens is 801 g/mol. The molecule has 2 heteroatoms. The number of rotatable bonds is 1. The van der Waals surface area contributed by atoms with Crippen molar-refractivity contribution in [3.63, 3.8) is 0 Å². The van der Waals surface area contributed by atoms with Crippen LogP contribution in [0.15, 0.2) is 0 Å². The lowest BCUT2D eigenvalue weighted by atomic mass is 9.51. The molecule has 66 heavy (non-hydrogen) atoms. The maximum Gasteiger partial charge on any atom is 0.311 e. The lowest BCUT2D eigenvalue weighted by Crippen LogP contribution is -2.51. The van der Waals surface area contributed by atoms with Gasteiger partial charge in [0.05, 0.1) is 11.3 Å². The Hall–Kier alpha value is -8.07. The van der Waals surface area contributed by atoms with Gasteiger partial charge in [0.2, 0.25) is 0 Å². The number of carbonyl (C=O) groups is 1. The van der Waals surface area contributed by atoms with Crippen molar-refractivity contribution in [2.75, 3.05) is 0 Å². The Morgan fingerprint density at radius 3 is 0.576 bits per heavy atom. The Morgan fingerprint density at radius 1 is 0.258 bits per heavy atom. The first-order valence-electron chi connectivity index (χ1n) is 24.8. The third-order valence-corrected chi connectivity index (χ3v) is 24.8. The molecule has 0 aromatic heterocycles. The van der Waals surface area contributed by atoms with Crippen molar-refractivity contribution in [1.82, 2.24) is 0 Å². The van der Waals surface area contributed by atoms with Crippen molar-refractivity contribution in [2.24, 2.45) is 5.92 Å². The van der Waals surface area contributed by atoms with Crippen LogP contribution >= 0.6 is 0 Å². The van der Waals surface area contributed by atoms with Gasteiger partial charge < -0.3 is 4.74 Å². The Labute approximate surface area is 357 Å². The van der Waals surface area contributed by atoms with Crippen LogP contribution in [0.25, 0.3) is 291 Å². The number of benzene rings is 18. The second kappa shape index (κ2) is 5.15. The second-order valence-corrected chi connectivity index (χ2v) is 24.6. The van der Waals surface area contributed by atoms with Crippen molar-refractivity contribution < 1.29 is 9.53 Å². The summed E-state index contributed by atoms with van der Waals surface area (Å²) in [6.07, 6.45) is 0.776. The summed E-state index contributed by atoms with van der Waals surface area (Å²) in [6, 6.07) is 0. The van der Waals surface area contributed by atoms with Gasteiger partial charge in [0.15, 0.2) is 5.60 Å². The van der Waals surface area contributed by atoms with Crippen LogP contribution in [0.5, 0.6) is 0 Å². The SMILES string of the molecule is CCC1C(=O)OC23c4c5c6c7c8c9c(c%10c%11c2c2c4c4c%12c5c5c6c6c8c8c%13c9c9c%10c%10c%11c%11c2c2c4c4c%12c%12c5c5c6c8c6c8c%13c9c9c%10c%10c%11c2c2c4c4c%12c5c6c5c8c9c%10c2c45)C713. The summed E-state index contributed by atoms with van der Waals surface area (Å²) in [5, 5.41) is 85.2. The monoisotopic (exact) mass is 806 g/mol. The van der Waals surface area contributed by atoms with E-state index in [1.807, 2.05) is 0 Å². The summed E-state index contributed by atoms with van der Waals surface area (Å²) in [4.78, 5) is 15.9. The summed E-state index contributed by atoms with van der Waals surface area (Å²) in [6.45, 7) is 2.33. The molecule has 2 spiro atoms. The van der Waals surface area contributed by atoms with Crippen molar-refractivity contribution in [2.45, 2.75) is 24.4 Å². The predicted octanol–water partition coefficient (Wildman–Crippen LogP) is 16.8. The van der Waals surface area contributed by atoms with Crippen LogP contribution < -0.4 is 0 Å². The lowest BCUT2D eigenvalue weighted by molar-refractivity contribution is -0.148. The van der Waals surface area contributed by atoms with Crippen LogP contribution in [0, 0.1) is 5.92 Å². The van der Waals surface area contributed by atoms with Gasteiger partial charge >= 0.3 is 5.97 Å². The van der Waals surface area contributed by atoms with Crippen LogP contribution in [-0.4, -0.2) is 5.97 Å². The molecule has 0 N–H and O–H groups in total. The Kier molecular flexibility index (Phi) is 1.85. The predicted molar refractivity (Wildman–Crippen MR) is 274 cm³/mol. The summed E-state index contributed by atoms with van der Waals surface area (Å²) < 4.78 is 7.91. The van der Waals surface area contributed by atoms with Crippen molar-refractivity contribution in [1.29, 1.82) is 0 Å². The average Bonchev–Trinajstić information content (AvgIpc) is 4.17. The van der Waals surface area contributed by atoms with Gasteiger partial charge in [-0.2, -0.15) is 0 Å². The molecular formula is C64H6O2. The normalized spacial score (nSPS) is 24.3. The van der Waals surface area contributed by atoms with Crippen LogP contribution in [0.2, 0.25) is 0 Å². The molecule has 1 unspecified atom stereocenters. The first kappa shape index (κ1) is 23.7. The molecule has 0 bridgehead atoms. The number of hydrogen-bond acceptors (Lipinski definition) is 2. The van der Waals surface area contributed by atoms with E-state index in [1.54, 1.807) is 226 Å². The van der Waals surface area contributed by atoms with Crippen molar-refractivity contribution in [3.8, 4) is 0 Å². The Morgan fingerprint density at radius 2 is 0.409 bits per heavy atom. The molecule has 4 aliphatic carbocycles. The Bertz CT molecular complexity index is 6900. The van der Waals surface area contributed by atoms with Crippen LogP contribution in [-0.2, 0) is 20.5 Å². The smallest absolute Gasteiger partial charge is 0.311 e. The van der Waals surface area contributed by atoms with E-state index < -0.39 is 11.0 Å².